The zero-order valence-electron chi connectivity index (χ0n) is 13.0. The second-order valence-corrected chi connectivity index (χ2v) is 6.21. The average molecular weight is 283 g/mol. The highest BCUT2D eigenvalue weighted by Gasteiger charge is 2.24. The van der Waals surface area contributed by atoms with Crippen molar-refractivity contribution in [2.45, 2.75) is 51.1 Å². The van der Waals surface area contributed by atoms with E-state index in [9.17, 15) is 0 Å². The summed E-state index contributed by atoms with van der Waals surface area (Å²) in [6.45, 7) is 2.30. The highest BCUT2D eigenvalue weighted by molar-refractivity contribution is 5.24. The van der Waals surface area contributed by atoms with Gasteiger partial charge in [0.1, 0.15) is 0 Å². The first-order valence-corrected chi connectivity index (χ1v) is 8.05. The third kappa shape index (κ3) is 3.35. The second kappa shape index (κ2) is 6.44. The maximum absolute atomic E-state index is 4.43. The normalized spacial score (nSPS) is 19.2. The summed E-state index contributed by atoms with van der Waals surface area (Å²) in [5.74, 6) is 0. The van der Waals surface area contributed by atoms with E-state index in [1.165, 1.54) is 42.5 Å². The molecule has 3 nitrogen and oxygen atoms in total. The van der Waals surface area contributed by atoms with Gasteiger partial charge in [-0.1, -0.05) is 30.3 Å². The van der Waals surface area contributed by atoms with Crippen molar-refractivity contribution in [3.8, 4) is 0 Å². The molecule has 2 atom stereocenters. The van der Waals surface area contributed by atoms with Gasteiger partial charge in [-0.2, -0.15) is 5.10 Å². The van der Waals surface area contributed by atoms with E-state index in [0.717, 1.165) is 6.42 Å². The molecule has 3 rings (SSSR count). The summed E-state index contributed by atoms with van der Waals surface area (Å²) in [6, 6.07) is 11.8. The Morgan fingerprint density at radius 3 is 2.95 bits per heavy atom. The molecule has 0 aliphatic heterocycles. The average Bonchev–Trinajstić information content (AvgIpc) is 2.89. The van der Waals surface area contributed by atoms with Crippen LogP contribution in [0.4, 0.5) is 0 Å². The molecule has 0 amide bonds. The molecule has 3 heteroatoms. The molecular formula is C18H25N3. The number of hydrogen-bond donors (Lipinski definition) is 1. The number of rotatable bonds is 5. The summed E-state index contributed by atoms with van der Waals surface area (Å²) in [6.07, 6.45) is 8.03. The van der Waals surface area contributed by atoms with Crippen molar-refractivity contribution < 1.29 is 0 Å². The zero-order chi connectivity index (χ0) is 14.7. The molecule has 0 radical (unpaired) electrons. The minimum Gasteiger partial charge on any atom is -0.307 e. The number of benzene rings is 1. The molecule has 0 spiro atoms. The highest BCUT2D eigenvalue weighted by atomic mass is 15.3. The van der Waals surface area contributed by atoms with Crippen LogP contribution in [-0.2, 0) is 19.9 Å². The maximum atomic E-state index is 4.43. The van der Waals surface area contributed by atoms with Crippen molar-refractivity contribution in [1.82, 2.24) is 15.1 Å². The van der Waals surface area contributed by atoms with Crippen molar-refractivity contribution in [3.05, 3.63) is 53.3 Å². The first-order chi connectivity index (χ1) is 10.2. The molecule has 1 heterocycles. The molecule has 112 valence electrons. The van der Waals surface area contributed by atoms with E-state index in [-0.39, 0.29) is 0 Å². The van der Waals surface area contributed by atoms with Crippen molar-refractivity contribution in [1.29, 1.82) is 0 Å². The van der Waals surface area contributed by atoms with E-state index in [4.69, 9.17) is 0 Å². The monoisotopic (exact) mass is 283 g/mol. The van der Waals surface area contributed by atoms with Gasteiger partial charge in [-0.25, -0.2) is 0 Å². The first-order valence-electron chi connectivity index (χ1n) is 8.05. The fourth-order valence-electron chi connectivity index (χ4n) is 3.33. The summed E-state index contributed by atoms with van der Waals surface area (Å²) in [5.41, 5.74) is 4.25. The van der Waals surface area contributed by atoms with Gasteiger partial charge in [0, 0.05) is 30.4 Å². The minimum absolute atomic E-state index is 0.480. The van der Waals surface area contributed by atoms with Crippen LogP contribution in [0.3, 0.4) is 0 Å². The van der Waals surface area contributed by atoms with Crippen LogP contribution < -0.4 is 5.32 Å². The lowest BCUT2D eigenvalue weighted by atomic mass is 9.92. The lowest BCUT2D eigenvalue weighted by Gasteiger charge is -2.27. The Morgan fingerprint density at radius 1 is 1.33 bits per heavy atom. The minimum atomic E-state index is 0.480. The Kier molecular flexibility index (Phi) is 4.39. The van der Waals surface area contributed by atoms with E-state index in [0.29, 0.717) is 12.1 Å². The number of aromatic nitrogens is 2. The predicted molar refractivity (Wildman–Crippen MR) is 86.2 cm³/mol. The molecule has 0 saturated carbocycles. The van der Waals surface area contributed by atoms with Crippen LogP contribution in [0.1, 0.15) is 49.0 Å². The van der Waals surface area contributed by atoms with Gasteiger partial charge in [-0.05, 0) is 44.6 Å². The molecular weight excluding hydrogens is 258 g/mol. The van der Waals surface area contributed by atoms with Gasteiger partial charge in [0.2, 0.25) is 0 Å². The van der Waals surface area contributed by atoms with Crippen molar-refractivity contribution >= 4 is 0 Å². The smallest absolute Gasteiger partial charge is 0.0540 e. The second-order valence-electron chi connectivity index (χ2n) is 6.21. The third-order valence-electron chi connectivity index (χ3n) is 4.57. The van der Waals surface area contributed by atoms with Crippen LogP contribution in [-0.4, -0.2) is 15.8 Å². The number of aryl methyl sites for hydroxylation is 2. The Morgan fingerprint density at radius 2 is 2.14 bits per heavy atom. The van der Waals surface area contributed by atoms with Gasteiger partial charge in [0.25, 0.3) is 0 Å². The summed E-state index contributed by atoms with van der Waals surface area (Å²) in [4.78, 5) is 0. The summed E-state index contributed by atoms with van der Waals surface area (Å²) >= 11 is 0. The third-order valence-corrected chi connectivity index (χ3v) is 4.57. The van der Waals surface area contributed by atoms with Crippen molar-refractivity contribution in [2.75, 3.05) is 0 Å². The van der Waals surface area contributed by atoms with Crippen LogP contribution in [0.15, 0.2) is 36.5 Å². The van der Waals surface area contributed by atoms with Gasteiger partial charge < -0.3 is 5.32 Å². The summed E-state index contributed by atoms with van der Waals surface area (Å²) < 4.78 is 2.04. The summed E-state index contributed by atoms with van der Waals surface area (Å²) in [7, 11) is 2.06. The molecule has 1 aromatic carbocycles. The largest absolute Gasteiger partial charge is 0.307 e. The van der Waals surface area contributed by atoms with Crippen molar-refractivity contribution in [3.63, 3.8) is 0 Å². The van der Waals surface area contributed by atoms with Gasteiger partial charge in [0.05, 0.1) is 6.20 Å². The van der Waals surface area contributed by atoms with Crippen molar-refractivity contribution in [2.24, 2.45) is 7.05 Å². The van der Waals surface area contributed by atoms with Crippen LogP contribution in [0.25, 0.3) is 0 Å². The maximum Gasteiger partial charge on any atom is 0.0540 e. The first kappa shape index (κ1) is 14.3. The van der Waals surface area contributed by atoms with E-state index in [1.807, 2.05) is 4.68 Å². The molecule has 0 fully saturated rings. The van der Waals surface area contributed by atoms with E-state index >= 15 is 0 Å². The molecule has 1 N–H and O–H groups in total. The molecule has 1 aromatic heterocycles. The molecule has 21 heavy (non-hydrogen) atoms. The Balaban J connectivity index is 1.57. The van der Waals surface area contributed by atoms with Gasteiger partial charge >= 0.3 is 0 Å². The van der Waals surface area contributed by atoms with Crippen LogP contribution in [0.2, 0.25) is 0 Å². The van der Waals surface area contributed by atoms with Gasteiger partial charge in [-0.3, -0.25) is 4.68 Å². The standard InChI is InChI=1S/C18H25N3/c1-14(11-12-15-7-4-3-5-8-15)20-17-9-6-10-18-16(17)13-19-21(18)2/h3-5,7-8,13-14,17,20H,6,9-12H2,1-2H3. The van der Waals surface area contributed by atoms with E-state index in [2.05, 4.69) is 60.9 Å². The van der Waals surface area contributed by atoms with E-state index in [1.54, 1.807) is 0 Å². The fraction of sp³-hybridized carbons (Fsp3) is 0.500. The lowest BCUT2D eigenvalue weighted by Crippen LogP contribution is -2.33. The Hall–Kier alpha value is -1.61. The number of fused-ring (bicyclic) bond motifs is 1. The number of nitrogens with one attached hydrogen (secondary N) is 1. The number of hydrogen-bond acceptors (Lipinski definition) is 2. The van der Waals surface area contributed by atoms with Crippen LogP contribution in [0.5, 0.6) is 0 Å². The predicted octanol–water partition coefficient (Wildman–Crippen LogP) is 3.41. The Labute approximate surface area is 127 Å². The number of nitrogens with zero attached hydrogens (tertiary/aromatic N) is 2. The SMILES string of the molecule is CC(CCc1ccccc1)NC1CCCc2c1cnn2C. The van der Waals surface area contributed by atoms with E-state index < -0.39 is 0 Å². The molecule has 0 bridgehead atoms. The van der Waals surface area contributed by atoms with Gasteiger partial charge in [0.15, 0.2) is 0 Å². The van der Waals surface area contributed by atoms with Crippen LogP contribution >= 0.6 is 0 Å². The Bertz CT molecular complexity index is 573. The molecule has 2 unspecified atom stereocenters. The topological polar surface area (TPSA) is 29.9 Å². The molecule has 0 saturated heterocycles. The lowest BCUT2D eigenvalue weighted by molar-refractivity contribution is 0.392. The fourth-order valence-corrected chi connectivity index (χ4v) is 3.33. The van der Waals surface area contributed by atoms with Gasteiger partial charge in [-0.15, -0.1) is 0 Å². The molecule has 2 aromatic rings. The van der Waals surface area contributed by atoms with Crippen LogP contribution in [0, 0.1) is 0 Å². The molecule has 1 aliphatic carbocycles. The zero-order valence-corrected chi connectivity index (χ0v) is 13.0. The quantitative estimate of drug-likeness (QED) is 0.911. The highest BCUT2D eigenvalue weighted by Crippen LogP contribution is 2.29. The summed E-state index contributed by atoms with van der Waals surface area (Å²) in [5, 5.41) is 8.23. The molecule has 1 aliphatic rings.